The fourth-order valence-electron chi connectivity index (χ4n) is 5.36. The molecule has 0 saturated carbocycles. The van der Waals surface area contributed by atoms with E-state index in [0.717, 1.165) is 55.1 Å². The predicted molar refractivity (Wildman–Crippen MR) is 140 cm³/mol. The Kier molecular flexibility index (Phi) is 7.23. The molecule has 190 valence electrons. The molecule has 0 bridgehead atoms. The Morgan fingerprint density at radius 3 is 2.42 bits per heavy atom. The van der Waals surface area contributed by atoms with Gasteiger partial charge >= 0.3 is 6.09 Å². The minimum absolute atomic E-state index is 0.00721. The van der Waals surface area contributed by atoms with Crippen molar-refractivity contribution in [1.82, 2.24) is 19.8 Å². The molecule has 2 atom stereocenters. The lowest BCUT2D eigenvalue weighted by atomic mass is 10.1. The third-order valence-electron chi connectivity index (χ3n) is 7.24. The highest BCUT2D eigenvalue weighted by Gasteiger charge is 2.36. The van der Waals surface area contributed by atoms with Crippen LogP contribution in [0.5, 0.6) is 5.75 Å². The van der Waals surface area contributed by atoms with Crippen LogP contribution in [0.4, 0.5) is 10.6 Å². The molecular formula is C28H35N5O3. The number of nitrogens with zero attached hydrogens (tertiary/aromatic N) is 5. The van der Waals surface area contributed by atoms with Crippen molar-refractivity contribution >= 4 is 22.9 Å². The second-order valence-corrected chi connectivity index (χ2v) is 9.94. The third kappa shape index (κ3) is 5.38. The van der Waals surface area contributed by atoms with E-state index in [1.165, 1.54) is 5.56 Å². The first-order valence-corrected chi connectivity index (χ1v) is 12.8. The molecule has 3 aromatic rings. The highest BCUT2D eigenvalue weighted by molar-refractivity contribution is 5.77. The lowest BCUT2D eigenvalue weighted by Gasteiger charge is -2.44. The van der Waals surface area contributed by atoms with Crippen LogP contribution < -0.4 is 9.64 Å². The third-order valence-corrected chi connectivity index (χ3v) is 7.24. The van der Waals surface area contributed by atoms with Gasteiger partial charge in [0.15, 0.2) is 0 Å². The Bertz CT molecular complexity index is 1170. The number of methoxy groups -OCH3 is 1. The first-order valence-electron chi connectivity index (χ1n) is 12.8. The number of carbonyl (C=O) groups excluding carboxylic acids is 1. The van der Waals surface area contributed by atoms with E-state index in [1.807, 2.05) is 29.2 Å². The molecule has 1 amide bonds. The number of fused-ring (bicyclic) bond motifs is 1. The van der Waals surface area contributed by atoms with Crippen molar-refractivity contribution in [1.29, 1.82) is 0 Å². The lowest BCUT2D eigenvalue weighted by Crippen LogP contribution is -2.59. The molecule has 0 aliphatic carbocycles. The number of hydrogen-bond acceptors (Lipinski definition) is 7. The number of aromatic nitrogens is 2. The second-order valence-electron chi connectivity index (χ2n) is 9.94. The average Bonchev–Trinajstić information content (AvgIpc) is 2.89. The van der Waals surface area contributed by atoms with Crippen molar-refractivity contribution in [3.63, 3.8) is 0 Å². The Hall–Kier alpha value is -3.39. The molecule has 8 nitrogen and oxygen atoms in total. The molecule has 8 heteroatoms. The topological polar surface area (TPSA) is 71.0 Å². The van der Waals surface area contributed by atoms with Gasteiger partial charge in [-0.25, -0.2) is 9.78 Å². The van der Waals surface area contributed by atoms with E-state index < -0.39 is 0 Å². The summed E-state index contributed by atoms with van der Waals surface area (Å²) in [6, 6.07) is 16.3. The number of rotatable bonds is 5. The minimum Gasteiger partial charge on any atom is -0.497 e. The lowest BCUT2D eigenvalue weighted by molar-refractivity contribution is 0.0100. The summed E-state index contributed by atoms with van der Waals surface area (Å²) in [5.74, 6) is 1.59. The molecule has 2 aliphatic rings. The van der Waals surface area contributed by atoms with Gasteiger partial charge in [0.25, 0.3) is 0 Å². The van der Waals surface area contributed by atoms with Crippen molar-refractivity contribution in [2.24, 2.45) is 0 Å². The summed E-state index contributed by atoms with van der Waals surface area (Å²) >= 11 is 0. The first-order chi connectivity index (χ1) is 17.5. The Morgan fingerprint density at radius 1 is 1.00 bits per heavy atom. The molecule has 2 aliphatic heterocycles. The van der Waals surface area contributed by atoms with Crippen LogP contribution in [0.2, 0.25) is 0 Å². The van der Waals surface area contributed by atoms with Crippen LogP contribution in [0.25, 0.3) is 11.0 Å². The quantitative estimate of drug-likeness (QED) is 0.528. The minimum atomic E-state index is -0.201. The SMILES string of the molecule is COc1ccc2nc(N3C[C@@H](C)N(C(=O)OC4CCN(Cc5ccccc5)CC4)[C@@H](C)C3)cnc2c1. The van der Waals surface area contributed by atoms with Crippen LogP contribution in [0.15, 0.2) is 54.7 Å². The number of hydrogen-bond donors (Lipinski definition) is 0. The average molecular weight is 490 g/mol. The van der Waals surface area contributed by atoms with Crippen molar-refractivity contribution in [3.8, 4) is 5.75 Å². The summed E-state index contributed by atoms with van der Waals surface area (Å²) in [5.41, 5.74) is 2.95. The maximum atomic E-state index is 13.2. The number of piperidine rings is 1. The molecule has 0 N–H and O–H groups in total. The number of anilines is 1. The molecule has 5 rings (SSSR count). The molecule has 2 saturated heterocycles. The van der Waals surface area contributed by atoms with Crippen LogP contribution in [-0.4, -0.2) is 77.3 Å². The summed E-state index contributed by atoms with van der Waals surface area (Å²) < 4.78 is 11.3. The van der Waals surface area contributed by atoms with Crippen molar-refractivity contribution < 1.29 is 14.3 Å². The molecule has 2 fully saturated rings. The zero-order valence-electron chi connectivity index (χ0n) is 21.3. The summed E-state index contributed by atoms with van der Waals surface area (Å²) in [6.45, 7) is 8.35. The van der Waals surface area contributed by atoms with Gasteiger partial charge in [0.1, 0.15) is 17.7 Å². The van der Waals surface area contributed by atoms with Crippen LogP contribution in [-0.2, 0) is 11.3 Å². The Labute approximate surface area is 212 Å². The fourth-order valence-corrected chi connectivity index (χ4v) is 5.36. The van der Waals surface area contributed by atoms with E-state index in [-0.39, 0.29) is 24.3 Å². The van der Waals surface area contributed by atoms with Gasteiger partial charge in [0, 0.05) is 38.8 Å². The number of likely N-dealkylation sites (tertiary alicyclic amines) is 1. The zero-order chi connectivity index (χ0) is 25.1. The highest BCUT2D eigenvalue weighted by atomic mass is 16.6. The number of piperazine rings is 1. The molecular weight excluding hydrogens is 454 g/mol. The second kappa shape index (κ2) is 10.7. The summed E-state index contributed by atoms with van der Waals surface area (Å²) in [5, 5.41) is 0. The van der Waals surface area contributed by atoms with E-state index in [0.29, 0.717) is 13.1 Å². The van der Waals surface area contributed by atoms with Crippen molar-refractivity contribution in [2.75, 3.05) is 38.2 Å². The van der Waals surface area contributed by atoms with Gasteiger partial charge in [-0.15, -0.1) is 0 Å². The number of amides is 1. The van der Waals surface area contributed by atoms with Gasteiger partial charge in [-0.05, 0) is 44.4 Å². The largest absolute Gasteiger partial charge is 0.497 e. The van der Waals surface area contributed by atoms with Gasteiger partial charge in [0.05, 0.1) is 36.4 Å². The molecule has 36 heavy (non-hydrogen) atoms. The number of ether oxygens (including phenoxy) is 2. The van der Waals surface area contributed by atoms with Crippen LogP contribution in [0.3, 0.4) is 0 Å². The molecule has 2 aromatic carbocycles. The van der Waals surface area contributed by atoms with E-state index in [9.17, 15) is 4.79 Å². The van der Waals surface area contributed by atoms with E-state index in [2.05, 4.69) is 52.9 Å². The number of carbonyl (C=O) groups is 1. The van der Waals surface area contributed by atoms with Crippen LogP contribution in [0, 0.1) is 0 Å². The van der Waals surface area contributed by atoms with Gasteiger partial charge < -0.3 is 14.4 Å². The highest BCUT2D eigenvalue weighted by Crippen LogP contribution is 2.26. The van der Waals surface area contributed by atoms with Crippen LogP contribution in [0.1, 0.15) is 32.3 Å². The Balaban J connectivity index is 1.16. The first kappa shape index (κ1) is 24.3. The van der Waals surface area contributed by atoms with Gasteiger partial charge in [-0.3, -0.25) is 14.8 Å². The zero-order valence-corrected chi connectivity index (χ0v) is 21.3. The Morgan fingerprint density at radius 2 is 1.72 bits per heavy atom. The molecule has 3 heterocycles. The summed E-state index contributed by atoms with van der Waals surface area (Å²) in [4.78, 5) is 29.1. The van der Waals surface area contributed by atoms with Gasteiger partial charge in [0.2, 0.25) is 0 Å². The van der Waals surface area contributed by atoms with Gasteiger partial charge in [-0.1, -0.05) is 30.3 Å². The van der Waals surface area contributed by atoms with E-state index in [4.69, 9.17) is 14.5 Å². The van der Waals surface area contributed by atoms with E-state index in [1.54, 1.807) is 13.3 Å². The predicted octanol–water partition coefficient (Wildman–Crippen LogP) is 4.34. The molecule has 0 unspecified atom stereocenters. The maximum Gasteiger partial charge on any atom is 0.410 e. The van der Waals surface area contributed by atoms with Crippen molar-refractivity contribution in [3.05, 3.63) is 60.3 Å². The summed E-state index contributed by atoms with van der Waals surface area (Å²) in [7, 11) is 1.64. The normalized spacial score (nSPS) is 21.5. The maximum absolute atomic E-state index is 13.2. The van der Waals surface area contributed by atoms with Gasteiger partial charge in [-0.2, -0.15) is 0 Å². The molecule has 0 spiro atoms. The number of benzene rings is 2. The molecule has 1 aromatic heterocycles. The van der Waals surface area contributed by atoms with Crippen molar-refractivity contribution in [2.45, 2.75) is 51.4 Å². The summed E-state index contributed by atoms with van der Waals surface area (Å²) in [6.07, 6.45) is 3.33. The van der Waals surface area contributed by atoms with Crippen LogP contribution >= 0.6 is 0 Å². The van der Waals surface area contributed by atoms with E-state index >= 15 is 0 Å². The monoisotopic (exact) mass is 489 g/mol. The fraction of sp³-hybridized carbons (Fsp3) is 0.464. The smallest absolute Gasteiger partial charge is 0.410 e. The standard InChI is InChI=1S/C28H35N5O3/c1-20-17-32(27-16-29-26-15-24(35-3)9-10-25(26)30-27)18-21(2)33(20)28(34)36-23-11-13-31(14-12-23)19-22-7-5-4-6-8-22/h4-10,15-16,20-21,23H,11-14,17-19H2,1-3H3/t20-,21+. The molecule has 0 radical (unpaired) electrons.